The van der Waals surface area contributed by atoms with Crippen LogP contribution in [0.15, 0.2) is 6.07 Å². The number of hydrogen-bond acceptors (Lipinski definition) is 3. The molecule has 1 N–H and O–H groups in total. The Hall–Kier alpha value is -1.56. The van der Waals surface area contributed by atoms with Crippen LogP contribution in [-0.4, -0.2) is 11.5 Å². The number of nitriles is 1. The minimum Gasteiger partial charge on any atom is -0.369 e. The highest BCUT2D eigenvalue weighted by atomic mass is 15.0. The van der Waals surface area contributed by atoms with E-state index in [1.165, 1.54) is 49.8 Å². The molecule has 1 aromatic heterocycles. The van der Waals surface area contributed by atoms with Gasteiger partial charge in [0.25, 0.3) is 0 Å². The number of nitrogens with one attached hydrogen (secondary N) is 1. The third-order valence-corrected chi connectivity index (χ3v) is 5.15. The van der Waals surface area contributed by atoms with Crippen molar-refractivity contribution in [3.05, 3.63) is 22.9 Å². The van der Waals surface area contributed by atoms with Crippen LogP contribution in [0.5, 0.6) is 0 Å². The lowest BCUT2D eigenvalue weighted by atomic mass is 9.81. The molecule has 3 rings (SSSR count). The summed E-state index contributed by atoms with van der Waals surface area (Å²) in [6.45, 7) is 3.31. The lowest BCUT2D eigenvalue weighted by Crippen LogP contribution is -2.16. The molecule has 2 aliphatic rings. The predicted molar refractivity (Wildman–Crippen MR) is 85.2 cm³/mol. The summed E-state index contributed by atoms with van der Waals surface area (Å²) in [5, 5.41) is 12.7. The Kier molecular flexibility index (Phi) is 4.43. The Morgan fingerprint density at radius 2 is 2.10 bits per heavy atom. The lowest BCUT2D eigenvalue weighted by Gasteiger charge is -2.26. The van der Waals surface area contributed by atoms with Gasteiger partial charge in [0.2, 0.25) is 0 Å². The summed E-state index contributed by atoms with van der Waals surface area (Å²) < 4.78 is 0. The lowest BCUT2D eigenvalue weighted by molar-refractivity contribution is 0.282. The molecule has 0 atom stereocenters. The second-order valence-corrected chi connectivity index (χ2v) is 6.80. The fourth-order valence-electron chi connectivity index (χ4n) is 3.70. The third kappa shape index (κ3) is 3.37. The van der Waals surface area contributed by atoms with Gasteiger partial charge in [-0.3, -0.25) is 0 Å². The number of anilines is 1. The van der Waals surface area contributed by atoms with Crippen LogP contribution in [0.25, 0.3) is 0 Å². The van der Waals surface area contributed by atoms with Crippen molar-refractivity contribution in [3.63, 3.8) is 0 Å². The molecule has 2 aliphatic carbocycles. The van der Waals surface area contributed by atoms with Crippen molar-refractivity contribution in [2.24, 2.45) is 11.8 Å². The van der Waals surface area contributed by atoms with Crippen molar-refractivity contribution in [3.8, 4) is 6.07 Å². The molecule has 3 nitrogen and oxygen atoms in total. The SMILES string of the molecule is CC1CCC(CCNc2nc3c(cc2C#N)CCC3)CC1. The van der Waals surface area contributed by atoms with Gasteiger partial charge in [0.1, 0.15) is 11.9 Å². The molecule has 0 radical (unpaired) electrons. The highest BCUT2D eigenvalue weighted by molar-refractivity contribution is 5.55. The van der Waals surface area contributed by atoms with Crippen LogP contribution in [0.1, 0.15) is 62.3 Å². The molecule has 0 amide bonds. The van der Waals surface area contributed by atoms with E-state index in [2.05, 4.69) is 23.3 Å². The minimum atomic E-state index is 0.716. The molecule has 0 bridgehead atoms. The first-order chi connectivity index (χ1) is 10.3. The van der Waals surface area contributed by atoms with E-state index >= 15 is 0 Å². The van der Waals surface area contributed by atoms with Crippen LogP contribution < -0.4 is 5.32 Å². The molecule has 0 aliphatic heterocycles. The molecular weight excluding hydrogens is 258 g/mol. The van der Waals surface area contributed by atoms with Crippen LogP contribution in [0, 0.1) is 23.2 Å². The number of fused-ring (bicyclic) bond motifs is 1. The molecule has 3 heteroatoms. The van der Waals surface area contributed by atoms with Gasteiger partial charge in [-0.1, -0.05) is 32.6 Å². The molecule has 112 valence electrons. The zero-order valence-electron chi connectivity index (χ0n) is 13.0. The van der Waals surface area contributed by atoms with E-state index in [4.69, 9.17) is 0 Å². The zero-order chi connectivity index (χ0) is 14.7. The summed E-state index contributed by atoms with van der Waals surface area (Å²) in [5.41, 5.74) is 3.19. The Labute approximate surface area is 127 Å². The van der Waals surface area contributed by atoms with Gasteiger partial charge in [-0.05, 0) is 49.1 Å². The van der Waals surface area contributed by atoms with Gasteiger partial charge in [0, 0.05) is 12.2 Å². The van der Waals surface area contributed by atoms with Gasteiger partial charge >= 0.3 is 0 Å². The van der Waals surface area contributed by atoms with E-state index in [1.54, 1.807) is 0 Å². The van der Waals surface area contributed by atoms with Crippen molar-refractivity contribution >= 4 is 5.82 Å². The largest absolute Gasteiger partial charge is 0.369 e. The second-order valence-electron chi connectivity index (χ2n) is 6.80. The van der Waals surface area contributed by atoms with Crippen molar-refractivity contribution in [1.29, 1.82) is 5.26 Å². The van der Waals surface area contributed by atoms with Gasteiger partial charge in [-0.25, -0.2) is 4.98 Å². The predicted octanol–water partition coefficient (Wildman–Crippen LogP) is 4.07. The number of aromatic nitrogens is 1. The maximum atomic E-state index is 9.30. The van der Waals surface area contributed by atoms with E-state index < -0.39 is 0 Å². The molecule has 21 heavy (non-hydrogen) atoms. The van der Waals surface area contributed by atoms with Crippen molar-refractivity contribution < 1.29 is 0 Å². The molecule has 0 spiro atoms. The Morgan fingerprint density at radius 1 is 1.29 bits per heavy atom. The normalized spacial score (nSPS) is 24.4. The third-order valence-electron chi connectivity index (χ3n) is 5.15. The molecular formula is C18H25N3. The summed E-state index contributed by atoms with van der Waals surface area (Å²) in [6.07, 6.45) is 10.0. The maximum absolute atomic E-state index is 9.30. The van der Waals surface area contributed by atoms with Gasteiger partial charge in [0.15, 0.2) is 0 Å². The Balaban J connectivity index is 1.57. The average Bonchev–Trinajstić information content (AvgIpc) is 2.95. The van der Waals surface area contributed by atoms with E-state index in [0.717, 1.165) is 37.0 Å². The summed E-state index contributed by atoms with van der Waals surface area (Å²) in [6, 6.07) is 4.34. The quantitative estimate of drug-likeness (QED) is 0.906. The first-order valence-corrected chi connectivity index (χ1v) is 8.43. The van der Waals surface area contributed by atoms with Crippen molar-refractivity contribution in [2.45, 2.75) is 58.3 Å². The monoisotopic (exact) mass is 283 g/mol. The van der Waals surface area contributed by atoms with Crippen LogP contribution in [0.3, 0.4) is 0 Å². The van der Waals surface area contributed by atoms with Gasteiger partial charge in [0.05, 0.1) is 5.56 Å². The summed E-state index contributed by atoms with van der Waals surface area (Å²) in [4.78, 5) is 4.69. The van der Waals surface area contributed by atoms with Crippen LogP contribution in [0.4, 0.5) is 5.82 Å². The zero-order valence-corrected chi connectivity index (χ0v) is 13.0. The van der Waals surface area contributed by atoms with Gasteiger partial charge in [-0.2, -0.15) is 5.26 Å². The van der Waals surface area contributed by atoms with Gasteiger partial charge < -0.3 is 5.32 Å². The molecule has 0 saturated heterocycles. The summed E-state index contributed by atoms with van der Waals surface area (Å²) in [5.74, 6) is 2.58. The molecule has 1 saturated carbocycles. The Morgan fingerprint density at radius 3 is 2.86 bits per heavy atom. The molecule has 0 aromatic carbocycles. The van der Waals surface area contributed by atoms with Crippen molar-refractivity contribution in [1.82, 2.24) is 4.98 Å². The number of aryl methyl sites for hydroxylation is 2. The number of hydrogen-bond donors (Lipinski definition) is 1. The average molecular weight is 283 g/mol. The van der Waals surface area contributed by atoms with Crippen molar-refractivity contribution in [2.75, 3.05) is 11.9 Å². The highest BCUT2D eigenvalue weighted by Gasteiger charge is 2.19. The first-order valence-electron chi connectivity index (χ1n) is 8.43. The number of rotatable bonds is 4. The van der Waals surface area contributed by atoms with E-state index in [-0.39, 0.29) is 0 Å². The molecule has 1 aromatic rings. The summed E-state index contributed by atoms with van der Waals surface area (Å²) in [7, 11) is 0. The maximum Gasteiger partial charge on any atom is 0.144 e. The second kappa shape index (κ2) is 6.47. The molecule has 0 unspecified atom stereocenters. The topological polar surface area (TPSA) is 48.7 Å². The number of nitrogens with zero attached hydrogens (tertiary/aromatic N) is 2. The highest BCUT2D eigenvalue weighted by Crippen LogP contribution is 2.30. The van der Waals surface area contributed by atoms with Crippen LogP contribution in [0.2, 0.25) is 0 Å². The number of pyridine rings is 1. The van der Waals surface area contributed by atoms with Crippen LogP contribution in [-0.2, 0) is 12.8 Å². The van der Waals surface area contributed by atoms with E-state index in [9.17, 15) is 5.26 Å². The standard InChI is InChI=1S/C18H25N3/c1-13-5-7-14(8-6-13)9-10-20-18-16(12-19)11-15-3-2-4-17(15)21-18/h11,13-14H,2-10H2,1H3,(H,20,21). The molecule has 1 fully saturated rings. The fourth-order valence-corrected chi connectivity index (χ4v) is 3.70. The molecule has 1 heterocycles. The smallest absolute Gasteiger partial charge is 0.144 e. The fraction of sp³-hybridized carbons (Fsp3) is 0.667. The van der Waals surface area contributed by atoms with Gasteiger partial charge in [-0.15, -0.1) is 0 Å². The van der Waals surface area contributed by atoms with E-state index in [0.29, 0.717) is 5.56 Å². The van der Waals surface area contributed by atoms with Crippen LogP contribution >= 0.6 is 0 Å². The first kappa shape index (κ1) is 14.4. The Bertz CT molecular complexity index is 536. The van der Waals surface area contributed by atoms with E-state index in [1.807, 2.05) is 6.07 Å². The minimum absolute atomic E-state index is 0.716. The summed E-state index contributed by atoms with van der Waals surface area (Å²) >= 11 is 0.